The normalized spacial score (nSPS) is 10.5. The van der Waals surface area contributed by atoms with Crippen molar-refractivity contribution >= 4 is 49.1 Å². The number of hydrogen-bond donors (Lipinski definition) is 1. The predicted molar refractivity (Wildman–Crippen MR) is 118 cm³/mol. The number of hydrogen-bond acceptors (Lipinski definition) is 3. The highest BCUT2D eigenvalue weighted by molar-refractivity contribution is 9.11. The molecule has 3 rings (SSSR count). The Labute approximate surface area is 180 Å². The Bertz CT molecular complexity index is 896. The molecule has 0 aliphatic rings. The monoisotopic (exact) mass is 509 g/mol. The summed E-state index contributed by atoms with van der Waals surface area (Å²) in [5, 5.41) is 3.94. The highest BCUT2D eigenvalue weighted by Gasteiger charge is 2.10. The Morgan fingerprint density at radius 2 is 1.63 bits per heavy atom. The van der Waals surface area contributed by atoms with Gasteiger partial charge in [0, 0.05) is 12.2 Å². The molecule has 0 atom stereocenters. The van der Waals surface area contributed by atoms with Gasteiger partial charge in [-0.1, -0.05) is 41.9 Å². The van der Waals surface area contributed by atoms with Crippen molar-refractivity contribution in [3.05, 3.63) is 85.8 Å². The number of nitrogens with one attached hydrogen (secondary N) is 1. The second-order valence-electron chi connectivity index (χ2n) is 5.87. The highest BCUT2D eigenvalue weighted by Crippen LogP contribution is 2.36. The first kappa shape index (κ1) is 20.1. The standard InChI is InChI=1S/C21H18Br2ClNO2/c1-26-20-8-7-16(11-19(20)24)25-12-15-9-17(22)21(18(23)10-15)27-13-14-5-3-2-4-6-14/h2-11,25H,12-13H2,1H3. The van der Waals surface area contributed by atoms with Gasteiger partial charge in [0.2, 0.25) is 0 Å². The van der Waals surface area contributed by atoms with E-state index in [9.17, 15) is 0 Å². The molecule has 1 N–H and O–H groups in total. The summed E-state index contributed by atoms with van der Waals surface area (Å²) >= 11 is 13.4. The van der Waals surface area contributed by atoms with E-state index in [1.807, 2.05) is 60.7 Å². The van der Waals surface area contributed by atoms with Crippen LogP contribution in [0.1, 0.15) is 11.1 Å². The summed E-state index contributed by atoms with van der Waals surface area (Å²) in [6.07, 6.45) is 0. The smallest absolute Gasteiger partial charge is 0.148 e. The van der Waals surface area contributed by atoms with E-state index in [1.165, 1.54) is 0 Å². The van der Waals surface area contributed by atoms with Gasteiger partial charge in [0.05, 0.1) is 21.1 Å². The number of methoxy groups -OCH3 is 1. The van der Waals surface area contributed by atoms with E-state index < -0.39 is 0 Å². The van der Waals surface area contributed by atoms with Gasteiger partial charge in [0.15, 0.2) is 0 Å². The molecule has 0 saturated heterocycles. The van der Waals surface area contributed by atoms with Crippen molar-refractivity contribution in [2.24, 2.45) is 0 Å². The maximum Gasteiger partial charge on any atom is 0.148 e. The zero-order valence-corrected chi connectivity index (χ0v) is 18.6. The van der Waals surface area contributed by atoms with Crippen LogP contribution in [0.3, 0.4) is 0 Å². The van der Waals surface area contributed by atoms with Crippen LogP contribution in [0.5, 0.6) is 11.5 Å². The van der Waals surface area contributed by atoms with E-state index in [0.717, 1.165) is 31.5 Å². The molecule has 3 aromatic carbocycles. The van der Waals surface area contributed by atoms with Crippen molar-refractivity contribution in [2.75, 3.05) is 12.4 Å². The van der Waals surface area contributed by atoms with Crippen molar-refractivity contribution in [3.8, 4) is 11.5 Å². The Morgan fingerprint density at radius 3 is 2.26 bits per heavy atom. The van der Waals surface area contributed by atoms with E-state index >= 15 is 0 Å². The molecule has 0 bridgehead atoms. The van der Waals surface area contributed by atoms with Crippen LogP contribution in [0.4, 0.5) is 5.69 Å². The molecule has 0 aliphatic carbocycles. The Hall–Kier alpha value is -1.69. The van der Waals surface area contributed by atoms with E-state index in [4.69, 9.17) is 21.1 Å². The summed E-state index contributed by atoms with van der Waals surface area (Å²) in [6.45, 7) is 1.17. The summed E-state index contributed by atoms with van der Waals surface area (Å²) in [6, 6.07) is 19.8. The van der Waals surface area contributed by atoms with Crippen molar-refractivity contribution < 1.29 is 9.47 Å². The molecule has 0 heterocycles. The lowest BCUT2D eigenvalue weighted by molar-refractivity contribution is 0.302. The van der Waals surface area contributed by atoms with Gasteiger partial charge in [-0.3, -0.25) is 0 Å². The summed E-state index contributed by atoms with van der Waals surface area (Å²) in [4.78, 5) is 0. The summed E-state index contributed by atoms with van der Waals surface area (Å²) < 4.78 is 12.9. The molecule has 0 spiro atoms. The minimum atomic E-state index is 0.514. The molecule has 0 unspecified atom stereocenters. The van der Waals surface area contributed by atoms with Crippen molar-refractivity contribution in [3.63, 3.8) is 0 Å². The minimum Gasteiger partial charge on any atom is -0.495 e. The van der Waals surface area contributed by atoms with Gasteiger partial charge < -0.3 is 14.8 Å². The van der Waals surface area contributed by atoms with Crippen LogP contribution in [0.25, 0.3) is 0 Å². The maximum atomic E-state index is 6.17. The molecule has 0 saturated carbocycles. The third-order valence-corrected chi connectivity index (χ3v) is 5.41. The quantitative estimate of drug-likeness (QED) is 0.368. The number of anilines is 1. The Morgan fingerprint density at radius 1 is 0.926 bits per heavy atom. The molecule has 0 amide bonds. The van der Waals surface area contributed by atoms with E-state index in [1.54, 1.807) is 7.11 Å². The van der Waals surface area contributed by atoms with Gasteiger partial charge >= 0.3 is 0 Å². The van der Waals surface area contributed by atoms with Crippen LogP contribution in [0, 0.1) is 0 Å². The second-order valence-corrected chi connectivity index (χ2v) is 7.98. The van der Waals surface area contributed by atoms with Crippen molar-refractivity contribution in [2.45, 2.75) is 13.2 Å². The topological polar surface area (TPSA) is 30.5 Å². The molecule has 6 heteroatoms. The first-order chi connectivity index (χ1) is 13.1. The van der Waals surface area contributed by atoms with Gasteiger partial charge in [-0.05, 0) is 73.3 Å². The SMILES string of the molecule is COc1ccc(NCc2cc(Br)c(OCc3ccccc3)c(Br)c2)cc1Cl. The van der Waals surface area contributed by atoms with E-state index in [2.05, 4.69) is 37.2 Å². The van der Waals surface area contributed by atoms with Gasteiger partial charge in [-0.2, -0.15) is 0 Å². The average molecular weight is 512 g/mol. The van der Waals surface area contributed by atoms with Crippen LogP contribution in [0.15, 0.2) is 69.6 Å². The molecule has 3 aromatic rings. The molecule has 3 nitrogen and oxygen atoms in total. The summed E-state index contributed by atoms with van der Waals surface area (Å²) in [5.41, 5.74) is 3.16. The molecule has 27 heavy (non-hydrogen) atoms. The van der Waals surface area contributed by atoms with Crippen molar-refractivity contribution in [1.82, 2.24) is 0 Å². The number of rotatable bonds is 7. The lowest BCUT2D eigenvalue weighted by atomic mass is 10.2. The summed E-state index contributed by atoms with van der Waals surface area (Å²) in [7, 11) is 1.60. The lowest BCUT2D eigenvalue weighted by Gasteiger charge is -2.14. The van der Waals surface area contributed by atoms with Gasteiger partial charge in [0.1, 0.15) is 18.1 Å². The largest absolute Gasteiger partial charge is 0.495 e. The summed E-state index contributed by atoms with van der Waals surface area (Å²) in [5.74, 6) is 1.45. The fourth-order valence-corrected chi connectivity index (χ4v) is 4.33. The molecule has 0 aromatic heterocycles. The van der Waals surface area contributed by atoms with Gasteiger partial charge in [0.25, 0.3) is 0 Å². The first-order valence-corrected chi connectivity index (χ1v) is 10.3. The zero-order chi connectivity index (χ0) is 19.2. The lowest BCUT2D eigenvalue weighted by Crippen LogP contribution is -2.02. The molecule has 0 aliphatic heterocycles. The fraction of sp³-hybridized carbons (Fsp3) is 0.143. The number of benzene rings is 3. The number of halogens is 3. The van der Waals surface area contributed by atoms with Crippen LogP contribution < -0.4 is 14.8 Å². The third-order valence-electron chi connectivity index (χ3n) is 3.93. The number of ether oxygens (including phenoxy) is 2. The van der Waals surface area contributed by atoms with E-state index in [0.29, 0.717) is 23.9 Å². The van der Waals surface area contributed by atoms with Gasteiger partial charge in [-0.15, -0.1) is 0 Å². The van der Waals surface area contributed by atoms with Crippen LogP contribution >= 0.6 is 43.5 Å². The Kier molecular flexibility index (Phi) is 7.05. The second kappa shape index (κ2) is 9.49. The average Bonchev–Trinajstić information content (AvgIpc) is 2.66. The maximum absolute atomic E-state index is 6.17. The molecule has 0 radical (unpaired) electrons. The molecule has 140 valence electrons. The van der Waals surface area contributed by atoms with Crippen LogP contribution in [0.2, 0.25) is 5.02 Å². The molecular weight excluding hydrogens is 493 g/mol. The van der Waals surface area contributed by atoms with E-state index in [-0.39, 0.29) is 0 Å². The fourth-order valence-electron chi connectivity index (χ4n) is 2.56. The zero-order valence-electron chi connectivity index (χ0n) is 14.6. The molecule has 0 fully saturated rings. The first-order valence-electron chi connectivity index (χ1n) is 8.29. The minimum absolute atomic E-state index is 0.514. The molecular formula is C21H18Br2ClNO2. The predicted octanol–water partition coefficient (Wildman–Crippen LogP) is 7.06. The Balaban J connectivity index is 1.66. The van der Waals surface area contributed by atoms with Crippen LogP contribution in [-0.4, -0.2) is 7.11 Å². The highest BCUT2D eigenvalue weighted by atomic mass is 79.9. The van der Waals surface area contributed by atoms with Crippen molar-refractivity contribution in [1.29, 1.82) is 0 Å². The van der Waals surface area contributed by atoms with Gasteiger partial charge in [-0.25, -0.2) is 0 Å². The van der Waals surface area contributed by atoms with Crippen LogP contribution in [-0.2, 0) is 13.2 Å². The third kappa shape index (κ3) is 5.41.